The van der Waals surface area contributed by atoms with Gasteiger partial charge in [0.15, 0.2) is 0 Å². The Morgan fingerprint density at radius 3 is 2.67 bits per heavy atom. The minimum Gasteiger partial charge on any atom is -0.478 e. The van der Waals surface area contributed by atoms with Crippen LogP contribution < -0.4 is 0 Å². The first kappa shape index (κ1) is 15.9. The van der Waals surface area contributed by atoms with Crippen LogP contribution in [0.4, 0.5) is 4.39 Å². The van der Waals surface area contributed by atoms with Crippen LogP contribution in [-0.2, 0) is 10.0 Å². The lowest BCUT2D eigenvalue weighted by molar-refractivity contribution is 0.0696. The standard InChI is InChI=1S/C14H18FNO4S/c1-3-11-6-4-9(2)16(11)21(19,20)13-8-10(14(17)18)5-7-12(13)15/h5,7-9,11H,3-4,6H2,1-2H3,(H,17,18). The van der Waals surface area contributed by atoms with Crippen molar-refractivity contribution in [1.82, 2.24) is 4.31 Å². The third kappa shape index (κ3) is 2.80. The zero-order valence-electron chi connectivity index (χ0n) is 11.9. The Morgan fingerprint density at radius 1 is 1.43 bits per heavy atom. The number of carbonyl (C=O) groups is 1. The Hall–Kier alpha value is -1.47. The normalized spacial score (nSPS) is 23.4. The Bertz CT molecular complexity index is 659. The van der Waals surface area contributed by atoms with Gasteiger partial charge in [0.05, 0.1) is 5.56 Å². The molecule has 1 aromatic carbocycles. The Kier molecular flexibility index (Phi) is 4.34. The van der Waals surface area contributed by atoms with Gasteiger partial charge in [0, 0.05) is 12.1 Å². The molecule has 1 fully saturated rings. The molecule has 2 atom stereocenters. The van der Waals surface area contributed by atoms with E-state index in [1.54, 1.807) is 6.92 Å². The Morgan fingerprint density at radius 2 is 2.10 bits per heavy atom. The summed E-state index contributed by atoms with van der Waals surface area (Å²) in [4.78, 5) is 10.4. The van der Waals surface area contributed by atoms with Crippen LogP contribution in [0.3, 0.4) is 0 Å². The van der Waals surface area contributed by atoms with Crippen LogP contribution in [-0.4, -0.2) is 35.9 Å². The lowest BCUT2D eigenvalue weighted by Crippen LogP contribution is -2.40. The highest BCUT2D eigenvalue weighted by Crippen LogP contribution is 2.33. The molecule has 1 heterocycles. The molecule has 0 spiro atoms. The number of rotatable bonds is 4. The van der Waals surface area contributed by atoms with E-state index in [1.165, 1.54) is 4.31 Å². The quantitative estimate of drug-likeness (QED) is 0.926. The average molecular weight is 315 g/mol. The first-order chi connectivity index (χ1) is 9.78. The fourth-order valence-electron chi connectivity index (χ4n) is 2.81. The number of nitrogens with zero attached hydrogens (tertiary/aromatic N) is 1. The van der Waals surface area contributed by atoms with E-state index in [4.69, 9.17) is 5.11 Å². The van der Waals surface area contributed by atoms with E-state index in [1.807, 2.05) is 6.92 Å². The predicted molar refractivity (Wildman–Crippen MR) is 75.2 cm³/mol. The molecule has 0 saturated carbocycles. The van der Waals surface area contributed by atoms with Crippen molar-refractivity contribution in [2.45, 2.75) is 50.1 Å². The van der Waals surface area contributed by atoms with Crippen molar-refractivity contribution < 1.29 is 22.7 Å². The van der Waals surface area contributed by atoms with Gasteiger partial charge in [-0.1, -0.05) is 6.92 Å². The number of sulfonamides is 1. The molecule has 1 aliphatic rings. The highest BCUT2D eigenvalue weighted by atomic mass is 32.2. The smallest absolute Gasteiger partial charge is 0.335 e. The largest absolute Gasteiger partial charge is 0.478 e. The van der Waals surface area contributed by atoms with E-state index in [2.05, 4.69) is 0 Å². The van der Waals surface area contributed by atoms with Gasteiger partial charge in [0.25, 0.3) is 0 Å². The maximum absolute atomic E-state index is 13.9. The van der Waals surface area contributed by atoms with Crippen molar-refractivity contribution in [3.63, 3.8) is 0 Å². The molecule has 0 aromatic heterocycles. The molecule has 0 aliphatic carbocycles. The highest BCUT2D eigenvalue weighted by Gasteiger charge is 2.40. The molecular weight excluding hydrogens is 297 g/mol. The monoisotopic (exact) mass is 315 g/mol. The number of halogens is 1. The van der Waals surface area contributed by atoms with E-state index in [0.29, 0.717) is 6.42 Å². The van der Waals surface area contributed by atoms with Crippen molar-refractivity contribution in [2.75, 3.05) is 0 Å². The Labute approximate surface area is 123 Å². The Balaban J connectivity index is 2.53. The van der Waals surface area contributed by atoms with E-state index in [-0.39, 0.29) is 17.6 Å². The predicted octanol–water partition coefficient (Wildman–Crippen LogP) is 2.48. The van der Waals surface area contributed by atoms with E-state index in [9.17, 15) is 17.6 Å². The van der Waals surface area contributed by atoms with Crippen LogP contribution in [0.2, 0.25) is 0 Å². The number of carboxylic acids is 1. The van der Waals surface area contributed by atoms with Crippen LogP contribution in [0, 0.1) is 5.82 Å². The van der Waals surface area contributed by atoms with Crippen LogP contribution >= 0.6 is 0 Å². The average Bonchev–Trinajstić information content (AvgIpc) is 2.80. The molecule has 21 heavy (non-hydrogen) atoms. The molecular formula is C14H18FNO4S. The van der Waals surface area contributed by atoms with Gasteiger partial charge in [-0.3, -0.25) is 0 Å². The summed E-state index contributed by atoms with van der Waals surface area (Å²) in [6.45, 7) is 3.67. The van der Waals surface area contributed by atoms with Gasteiger partial charge in [0.1, 0.15) is 10.7 Å². The molecule has 1 saturated heterocycles. The summed E-state index contributed by atoms with van der Waals surface area (Å²) in [5.41, 5.74) is -0.241. The van der Waals surface area contributed by atoms with Gasteiger partial charge in [-0.25, -0.2) is 17.6 Å². The first-order valence-corrected chi connectivity index (χ1v) is 8.29. The van der Waals surface area contributed by atoms with Crippen molar-refractivity contribution in [3.05, 3.63) is 29.6 Å². The van der Waals surface area contributed by atoms with Crippen LogP contribution in [0.5, 0.6) is 0 Å². The fraction of sp³-hybridized carbons (Fsp3) is 0.500. The van der Waals surface area contributed by atoms with Crippen LogP contribution in [0.15, 0.2) is 23.1 Å². The lowest BCUT2D eigenvalue weighted by Gasteiger charge is -2.27. The topological polar surface area (TPSA) is 74.7 Å². The third-order valence-corrected chi connectivity index (χ3v) is 6.00. The van der Waals surface area contributed by atoms with Gasteiger partial charge in [-0.2, -0.15) is 4.31 Å². The fourth-order valence-corrected chi connectivity index (χ4v) is 4.86. The number of hydrogen-bond acceptors (Lipinski definition) is 3. The summed E-state index contributed by atoms with van der Waals surface area (Å²) >= 11 is 0. The van der Waals surface area contributed by atoms with Crippen molar-refractivity contribution in [3.8, 4) is 0 Å². The second kappa shape index (κ2) is 5.73. The van der Waals surface area contributed by atoms with E-state index < -0.39 is 26.7 Å². The molecule has 7 heteroatoms. The second-order valence-corrected chi connectivity index (χ2v) is 7.09. The van der Waals surface area contributed by atoms with Gasteiger partial charge >= 0.3 is 5.97 Å². The number of aromatic carboxylic acids is 1. The van der Waals surface area contributed by atoms with Crippen molar-refractivity contribution in [2.24, 2.45) is 0 Å². The number of carboxylic acid groups (broad SMARTS) is 1. The molecule has 1 aliphatic heterocycles. The maximum Gasteiger partial charge on any atom is 0.335 e. The highest BCUT2D eigenvalue weighted by molar-refractivity contribution is 7.89. The summed E-state index contributed by atoms with van der Waals surface area (Å²) < 4.78 is 40.7. The zero-order chi connectivity index (χ0) is 15.8. The molecule has 1 N–H and O–H groups in total. The van der Waals surface area contributed by atoms with E-state index >= 15 is 0 Å². The zero-order valence-corrected chi connectivity index (χ0v) is 12.7. The van der Waals surface area contributed by atoms with Crippen LogP contribution in [0.25, 0.3) is 0 Å². The molecule has 0 bridgehead atoms. The molecule has 0 amide bonds. The number of hydrogen-bond donors (Lipinski definition) is 1. The third-order valence-electron chi connectivity index (χ3n) is 3.92. The maximum atomic E-state index is 13.9. The SMILES string of the molecule is CCC1CCC(C)N1S(=O)(=O)c1cc(C(=O)O)ccc1F. The molecule has 116 valence electrons. The first-order valence-electron chi connectivity index (χ1n) is 6.85. The minimum absolute atomic E-state index is 0.169. The summed E-state index contributed by atoms with van der Waals surface area (Å²) in [5, 5.41) is 8.95. The molecule has 5 nitrogen and oxygen atoms in total. The summed E-state index contributed by atoms with van der Waals surface area (Å²) in [5.74, 6) is -2.21. The number of benzene rings is 1. The summed E-state index contributed by atoms with van der Waals surface area (Å²) in [6.07, 6.45) is 2.10. The van der Waals surface area contributed by atoms with Crippen molar-refractivity contribution in [1.29, 1.82) is 0 Å². The van der Waals surface area contributed by atoms with Gasteiger partial charge in [-0.15, -0.1) is 0 Å². The molecule has 2 unspecified atom stereocenters. The van der Waals surface area contributed by atoms with Gasteiger partial charge in [-0.05, 0) is 44.4 Å². The van der Waals surface area contributed by atoms with Crippen molar-refractivity contribution >= 4 is 16.0 Å². The minimum atomic E-state index is -4.04. The molecule has 2 rings (SSSR count). The van der Waals surface area contributed by atoms with E-state index in [0.717, 1.165) is 31.0 Å². The van der Waals surface area contributed by atoms with Crippen LogP contribution in [0.1, 0.15) is 43.5 Å². The molecule has 0 radical (unpaired) electrons. The molecule has 1 aromatic rings. The second-order valence-electron chi connectivity index (χ2n) is 5.27. The summed E-state index contributed by atoms with van der Waals surface area (Å²) in [6, 6.07) is 2.45. The van der Waals surface area contributed by atoms with Gasteiger partial charge in [0.2, 0.25) is 10.0 Å². The van der Waals surface area contributed by atoms with Gasteiger partial charge < -0.3 is 5.11 Å². The summed E-state index contributed by atoms with van der Waals surface area (Å²) in [7, 11) is -4.04. The lowest BCUT2D eigenvalue weighted by atomic mass is 10.2.